The molecule has 1 aliphatic rings. The van der Waals surface area contributed by atoms with Crippen LogP contribution in [0.1, 0.15) is 4.88 Å². The molecule has 1 N–H and O–H groups in total. The molecule has 4 heterocycles. The molecule has 1 aromatic carbocycles. The van der Waals surface area contributed by atoms with Crippen molar-refractivity contribution in [1.82, 2.24) is 13.7 Å². The molecular weight excluding hydrogens is 468 g/mol. The van der Waals surface area contributed by atoms with E-state index < -0.39 is 10.0 Å². The summed E-state index contributed by atoms with van der Waals surface area (Å²) in [5.74, 6) is -0.197. The average molecular weight is 489 g/mol. The maximum Gasteiger partial charge on any atom is 0.252 e. The van der Waals surface area contributed by atoms with Gasteiger partial charge in [-0.15, -0.1) is 22.7 Å². The number of rotatable bonds is 6. The van der Waals surface area contributed by atoms with Gasteiger partial charge in [-0.05, 0) is 24.3 Å². The highest BCUT2D eigenvalue weighted by Gasteiger charge is 2.27. The number of sulfonamides is 1. The number of thiophene rings is 1. The maximum absolute atomic E-state index is 12.7. The summed E-state index contributed by atoms with van der Waals surface area (Å²) in [6.07, 6.45) is 4.05. The quantitative estimate of drug-likeness (QED) is 0.449. The van der Waals surface area contributed by atoms with Crippen LogP contribution in [0.25, 0.3) is 16.2 Å². The highest BCUT2D eigenvalue weighted by atomic mass is 32.2. The zero-order valence-corrected chi connectivity index (χ0v) is 19.4. The molecule has 0 spiro atoms. The van der Waals surface area contributed by atoms with Crippen LogP contribution >= 0.6 is 22.7 Å². The van der Waals surface area contributed by atoms with Gasteiger partial charge in [0.2, 0.25) is 5.91 Å². The number of carbonyl (C=O) groups is 1. The van der Waals surface area contributed by atoms with E-state index in [0.717, 1.165) is 27.6 Å². The molecule has 11 heteroatoms. The van der Waals surface area contributed by atoms with Crippen molar-refractivity contribution in [2.24, 2.45) is 0 Å². The molecular formula is C21H20N4O4S3. The normalized spacial score (nSPS) is 15.2. The molecule has 8 nitrogen and oxygen atoms in total. The monoisotopic (exact) mass is 488 g/mol. The Balaban J connectivity index is 1.22. The van der Waals surface area contributed by atoms with Crippen LogP contribution in [0.15, 0.2) is 58.4 Å². The first kappa shape index (κ1) is 21.3. The van der Waals surface area contributed by atoms with Gasteiger partial charge in [-0.2, -0.15) is 4.31 Å². The van der Waals surface area contributed by atoms with Crippen LogP contribution in [0.3, 0.4) is 0 Å². The third-order valence-corrected chi connectivity index (χ3v) is 9.32. The lowest BCUT2D eigenvalue weighted by Crippen LogP contribution is -2.40. The Morgan fingerprint density at radius 3 is 2.66 bits per heavy atom. The minimum Gasteiger partial charge on any atom is -0.379 e. The number of anilines is 1. The fraction of sp³-hybridized carbons (Fsp3) is 0.238. The fourth-order valence-electron chi connectivity index (χ4n) is 3.46. The van der Waals surface area contributed by atoms with E-state index in [9.17, 15) is 13.2 Å². The zero-order chi connectivity index (χ0) is 22.1. The number of benzene rings is 1. The largest absolute Gasteiger partial charge is 0.379 e. The minimum atomic E-state index is -3.54. The van der Waals surface area contributed by atoms with Crippen LogP contribution in [0.2, 0.25) is 0 Å². The van der Waals surface area contributed by atoms with Gasteiger partial charge in [-0.1, -0.05) is 12.1 Å². The fourth-order valence-corrected chi connectivity index (χ4v) is 7.08. The van der Waals surface area contributed by atoms with Gasteiger partial charge >= 0.3 is 0 Å². The van der Waals surface area contributed by atoms with E-state index in [0.29, 0.717) is 36.9 Å². The van der Waals surface area contributed by atoms with Gasteiger partial charge < -0.3 is 10.1 Å². The Bertz CT molecular complexity index is 1320. The molecule has 166 valence electrons. The van der Waals surface area contributed by atoms with Crippen LogP contribution in [0, 0.1) is 0 Å². The molecule has 0 bridgehead atoms. The molecule has 1 amide bonds. The number of ether oxygens (including phenoxy) is 1. The Hall–Kier alpha value is -2.57. The minimum absolute atomic E-state index is 0.113. The van der Waals surface area contributed by atoms with E-state index in [-0.39, 0.29) is 16.5 Å². The summed E-state index contributed by atoms with van der Waals surface area (Å²) in [6.45, 7) is 1.50. The van der Waals surface area contributed by atoms with E-state index in [1.807, 2.05) is 46.4 Å². The van der Waals surface area contributed by atoms with Crippen LogP contribution in [-0.4, -0.2) is 54.3 Å². The van der Waals surface area contributed by atoms with Gasteiger partial charge in [0.05, 0.1) is 25.3 Å². The van der Waals surface area contributed by atoms with Gasteiger partial charge in [-0.25, -0.2) is 13.4 Å². The van der Waals surface area contributed by atoms with Crippen molar-refractivity contribution in [3.8, 4) is 11.3 Å². The number of nitrogens with zero attached hydrogens (tertiary/aromatic N) is 3. The summed E-state index contributed by atoms with van der Waals surface area (Å²) in [4.78, 5) is 18.7. The van der Waals surface area contributed by atoms with Gasteiger partial charge in [-0.3, -0.25) is 9.20 Å². The molecule has 1 fully saturated rings. The van der Waals surface area contributed by atoms with Crippen LogP contribution < -0.4 is 5.32 Å². The summed E-state index contributed by atoms with van der Waals surface area (Å²) >= 11 is 2.71. The first-order valence-corrected chi connectivity index (χ1v) is 13.1. The van der Waals surface area contributed by atoms with Crippen molar-refractivity contribution in [2.75, 3.05) is 31.6 Å². The first-order valence-electron chi connectivity index (χ1n) is 9.98. The van der Waals surface area contributed by atoms with Crippen molar-refractivity contribution in [1.29, 1.82) is 0 Å². The van der Waals surface area contributed by atoms with E-state index in [1.54, 1.807) is 23.5 Å². The second-order valence-corrected chi connectivity index (χ2v) is 11.5. The molecule has 5 rings (SSSR count). The number of nitrogens with one attached hydrogen (secondary N) is 1. The number of carbonyl (C=O) groups excluding carboxylic acids is 1. The van der Waals surface area contributed by atoms with Crippen LogP contribution in [-0.2, 0) is 26.0 Å². The van der Waals surface area contributed by atoms with Crippen LogP contribution in [0.5, 0.6) is 0 Å². The van der Waals surface area contributed by atoms with E-state index in [4.69, 9.17) is 4.74 Å². The topological polar surface area (TPSA) is 93.0 Å². The third kappa shape index (κ3) is 4.34. The molecule has 0 aliphatic carbocycles. The second-order valence-electron chi connectivity index (χ2n) is 7.26. The number of morpholine rings is 1. The SMILES string of the molecule is O=C(Cc1ccc(S(=O)(=O)N2CCOCC2)s1)Nc1ccc(-c2cn3ccsc3n2)cc1. The Morgan fingerprint density at radius 2 is 1.91 bits per heavy atom. The predicted molar refractivity (Wildman–Crippen MR) is 125 cm³/mol. The number of thiazole rings is 1. The number of amides is 1. The smallest absolute Gasteiger partial charge is 0.252 e. The van der Waals surface area contributed by atoms with Gasteiger partial charge in [0.1, 0.15) is 4.21 Å². The molecule has 0 radical (unpaired) electrons. The second kappa shape index (κ2) is 8.75. The first-order chi connectivity index (χ1) is 15.5. The molecule has 1 saturated heterocycles. The number of hydrogen-bond acceptors (Lipinski definition) is 7. The molecule has 1 aliphatic heterocycles. The lowest BCUT2D eigenvalue weighted by atomic mass is 10.1. The third-order valence-electron chi connectivity index (χ3n) is 5.09. The van der Waals surface area contributed by atoms with Gasteiger partial charge in [0, 0.05) is 47.0 Å². The Morgan fingerprint density at radius 1 is 1.12 bits per heavy atom. The van der Waals surface area contributed by atoms with E-state index in [1.165, 1.54) is 4.31 Å². The number of hydrogen-bond donors (Lipinski definition) is 1. The van der Waals surface area contributed by atoms with E-state index in [2.05, 4.69) is 10.3 Å². The number of imidazole rings is 1. The number of aromatic nitrogens is 2. The molecule has 0 unspecified atom stereocenters. The van der Waals surface area contributed by atoms with Crippen molar-refractivity contribution >= 4 is 49.3 Å². The number of fused-ring (bicyclic) bond motifs is 1. The van der Waals surface area contributed by atoms with Gasteiger partial charge in [0.15, 0.2) is 4.96 Å². The summed E-state index contributed by atoms with van der Waals surface area (Å²) < 4.78 is 34.4. The summed E-state index contributed by atoms with van der Waals surface area (Å²) in [7, 11) is -3.54. The molecule has 32 heavy (non-hydrogen) atoms. The lowest BCUT2D eigenvalue weighted by Gasteiger charge is -2.25. The highest BCUT2D eigenvalue weighted by Crippen LogP contribution is 2.27. The van der Waals surface area contributed by atoms with Crippen LogP contribution in [0.4, 0.5) is 5.69 Å². The standard InChI is InChI=1S/C21H20N4O4S3/c26-19(13-17-5-6-20(31-17)32(27,28)25-7-10-29-11-8-25)22-16-3-1-15(2-4-16)18-14-24-9-12-30-21(24)23-18/h1-6,9,12,14H,7-8,10-11,13H2,(H,22,26). The van der Waals surface area contributed by atoms with Crippen molar-refractivity contribution < 1.29 is 17.9 Å². The highest BCUT2D eigenvalue weighted by molar-refractivity contribution is 7.91. The predicted octanol–water partition coefficient (Wildman–Crippen LogP) is 3.33. The Kier molecular flexibility index (Phi) is 5.82. The molecule has 3 aromatic heterocycles. The van der Waals surface area contributed by atoms with Crippen molar-refractivity contribution in [3.05, 3.63) is 59.0 Å². The Labute approximate surface area is 193 Å². The van der Waals surface area contributed by atoms with Crippen molar-refractivity contribution in [2.45, 2.75) is 10.6 Å². The average Bonchev–Trinajstić information content (AvgIpc) is 3.52. The van der Waals surface area contributed by atoms with Crippen molar-refractivity contribution in [3.63, 3.8) is 0 Å². The van der Waals surface area contributed by atoms with Gasteiger partial charge in [0.25, 0.3) is 10.0 Å². The zero-order valence-electron chi connectivity index (χ0n) is 16.9. The summed E-state index contributed by atoms with van der Waals surface area (Å²) in [5.41, 5.74) is 2.52. The maximum atomic E-state index is 12.7. The van der Waals surface area contributed by atoms with E-state index >= 15 is 0 Å². The molecule has 4 aromatic rings. The molecule has 0 atom stereocenters. The summed E-state index contributed by atoms with van der Waals surface area (Å²) in [6, 6.07) is 10.8. The summed E-state index contributed by atoms with van der Waals surface area (Å²) in [5, 5.41) is 4.86. The molecule has 0 saturated carbocycles. The lowest BCUT2D eigenvalue weighted by molar-refractivity contribution is -0.115.